The highest BCUT2D eigenvalue weighted by Gasteiger charge is 2.16. The van der Waals surface area contributed by atoms with E-state index in [0.717, 1.165) is 39.5 Å². The Bertz CT molecular complexity index is 1410. The molecule has 6 heteroatoms. The molecule has 152 valence electrons. The summed E-state index contributed by atoms with van der Waals surface area (Å²) < 4.78 is 7.33. The van der Waals surface area contributed by atoms with E-state index in [1.807, 2.05) is 84.9 Å². The van der Waals surface area contributed by atoms with Crippen LogP contribution in [0.15, 0.2) is 84.9 Å². The average molecular weight is 427 g/mol. The molecular weight excluding hydrogens is 408 g/mol. The summed E-state index contributed by atoms with van der Waals surface area (Å²) in [5.74, 6) is 0.785. The van der Waals surface area contributed by atoms with Crippen LogP contribution in [0.4, 0.5) is 11.4 Å². The van der Waals surface area contributed by atoms with Crippen molar-refractivity contribution in [1.82, 2.24) is 9.55 Å². The van der Waals surface area contributed by atoms with E-state index in [-0.39, 0.29) is 0 Å². The maximum absolute atomic E-state index is 8.63. The number of fused-ring (bicyclic) bond motifs is 2. The molecule has 2 aliphatic rings. The molecule has 3 aromatic rings. The second-order valence-corrected chi connectivity index (χ2v) is 7.59. The third-order valence-corrected chi connectivity index (χ3v) is 5.42. The number of para-hydroxylation sites is 2. The van der Waals surface area contributed by atoms with Gasteiger partial charge in [0.15, 0.2) is 0 Å². The first-order chi connectivity index (χ1) is 15.1. The number of nitrogens with zero attached hydrogens (tertiary/aromatic N) is 2. The maximum atomic E-state index is 8.63. The van der Waals surface area contributed by atoms with Crippen LogP contribution in [0.1, 0.15) is 0 Å². The van der Waals surface area contributed by atoms with Gasteiger partial charge in [-0.1, -0.05) is 23.7 Å². The lowest BCUT2D eigenvalue weighted by Gasteiger charge is -2.20. The van der Waals surface area contributed by atoms with Gasteiger partial charge >= 0.3 is 0 Å². The molecule has 0 bridgehead atoms. The van der Waals surface area contributed by atoms with Gasteiger partial charge in [0.25, 0.3) is 0 Å². The quantitative estimate of drug-likeness (QED) is 0.345. The Balaban J connectivity index is 1.70. The van der Waals surface area contributed by atoms with Crippen LogP contribution in [0.2, 0.25) is 5.02 Å². The second kappa shape index (κ2) is 7.78. The fourth-order valence-corrected chi connectivity index (χ4v) is 3.78. The Hall–Kier alpha value is -3.83. The third kappa shape index (κ3) is 3.60. The van der Waals surface area contributed by atoms with Crippen LogP contribution in [0, 0.1) is 5.41 Å². The Morgan fingerprint density at radius 3 is 2.42 bits per heavy atom. The van der Waals surface area contributed by atoms with Crippen molar-refractivity contribution in [1.29, 1.82) is 5.41 Å². The Kier molecular flexibility index (Phi) is 4.81. The molecule has 5 rings (SSSR count). The zero-order chi connectivity index (χ0) is 21.4. The Morgan fingerprint density at radius 1 is 0.935 bits per heavy atom. The number of aromatic nitrogens is 2. The van der Waals surface area contributed by atoms with Crippen LogP contribution >= 0.6 is 11.6 Å². The maximum Gasteiger partial charge on any atom is 0.119 e. The lowest BCUT2D eigenvalue weighted by molar-refractivity contribution is 0.415. The zero-order valence-corrected chi connectivity index (χ0v) is 17.5. The molecule has 1 aliphatic heterocycles. The first-order valence-corrected chi connectivity index (χ1v) is 10.2. The van der Waals surface area contributed by atoms with Crippen molar-refractivity contribution in [3.63, 3.8) is 0 Å². The van der Waals surface area contributed by atoms with E-state index in [9.17, 15) is 0 Å². The van der Waals surface area contributed by atoms with E-state index in [1.165, 1.54) is 0 Å². The van der Waals surface area contributed by atoms with Gasteiger partial charge in [-0.2, -0.15) is 0 Å². The van der Waals surface area contributed by atoms with E-state index < -0.39 is 0 Å². The summed E-state index contributed by atoms with van der Waals surface area (Å²) in [6.07, 6.45) is 0. The SMILES string of the molecule is COc1ccc(Nc2cc3nc4ccccc4n(-c4ccc(Cl)cc4)c-3cc2=N)cc1. The molecular formula is C25H19ClN4O. The molecule has 1 aliphatic carbocycles. The van der Waals surface area contributed by atoms with Crippen molar-refractivity contribution in [2.45, 2.75) is 0 Å². The minimum absolute atomic E-state index is 0.378. The number of hydrogen-bond acceptors (Lipinski definition) is 4. The number of methoxy groups -OCH3 is 1. The number of benzene rings is 4. The average Bonchev–Trinajstić information content (AvgIpc) is 2.79. The molecule has 31 heavy (non-hydrogen) atoms. The molecule has 0 saturated carbocycles. The monoisotopic (exact) mass is 426 g/mol. The molecule has 1 heterocycles. The van der Waals surface area contributed by atoms with Crippen molar-refractivity contribution in [3.05, 3.63) is 95.3 Å². The molecule has 0 spiro atoms. The summed E-state index contributed by atoms with van der Waals surface area (Å²) in [6.45, 7) is 0. The minimum Gasteiger partial charge on any atom is -0.497 e. The lowest BCUT2D eigenvalue weighted by Crippen LogP contribution is -2.13. The summed E-state index contributed by atoms with van der Waals surface area (Å²) in [4.78, 5) is 4.86. The van der Waals surface area contributed by atoms with Gasteiger partial charge in [0, 0.05) is 16.4 Å². The van der Waals surface area contributed by atoms with Gasteiger partial charge in [0.2, 0.25) is 0 Å². The van der Waals surface area contributed by atoms with Crippen LogP contribution < -0.4 is 15.4 Å². The largest absolute Gasteiger partial charge is 0.497 e. The van der Waals surface area contributed by atoms with E-state index in [4.69, 9.17) is 26.7 Å². The third-order valence-electron chi connectivity index (χ3n) is 5.17. The second-order valence-electron chi connectivity index (χ2n) is 7.15. The number of halogens is 1. The highest BCUT2D eigenvalue weighted by Crippen LogP contribution is 2.30. The van der Waals surface area contributed by atoms with E-state index in [2.05, 4.69) is 9.88 Å². The van der Waals surface area contributed by atoms with E-state index in [0.29, 0.717) is 16.1 Å². The van der Waals surface area contributed by atoms with Crippen molar-refractivity contribution >= 4 is 34.0 Å². The summed E-state index contributed by atoms with van der Waals surface area (Å²) in [5.41, 5.74) is 6.00. The number of rotatable bonds is 4. The first kappa shape index (κ1) is 19.2. The predicted octanol–water partition coefficient (Wildman–Crippen LogP) is 6.02. The zero-order valence-electron chi connectivity index (χ0n) is 16.8. The number of nitrogens with one attached hydrogen (secondary N) is 2. The highest BCUT2D eigenvalue weighted by molar-refractivity contribution is 6.30. The summed E-state index contributed by atoms with van der Waals surface area (Å²) in [5, 5.41) is 13.0. The Labute approximate surface area is 184 Å². The van der Waals surface area contributed by atoms with Gasteiger partial charge in [-0.15, -0.1) is 0 Å². The molecule has 3 aromatic carbocycles. The first-order valence-electron chi connectivity index (χ1n) is 9.79. The standard InChI is InChI=1S/C25H19ClN4O/c1-31-19-12-8-17(9-13-19)28-22-15-23-25(14-20(22)27)30(18-10-6-16(26)7-11-18)24-5-3-2-4-21(24)29-23/h2-15,27-28H,1H3. The van der Waals surface area contributed by atoms with Crippen LogP contribution in [-0.4, -0.2) is 16.7 Å². The van der Waals surface area contributed by atoms with Gasteiger partial charge < -0.3 is 14.6 Å². The molecule has 0 fully saturated rings. The van der Waals surface area contributed by atoms with Gasteiger partial charge in [-0.05, 0) is 72.8 Å². The molecule has 0 aromatic heterocycles. The lowest BCUT2D eigenvalue weighted by atomic mass is 10.1. The molecule has 2 N–H and O–H groups in total. The van der Waals surface area contributed by atoms with Crippen molar-refractivity contribution in [3.8, 4) is 22.8 Å². The van der Waals surface area contributed by atoms with Gasteiger partial charge in [0.05, 0.1) is 40.6 Å². The Morgan fingerprint density at radius 2 is 1.68 bits per heavy atom. The van der Waals surface area contributed by atoms with Gasteiger partial charge in [-0.25, -0.2) is 4.98 Å². The number of hydrogen-bond donors (Lipinski definition) is 2. The summed E-state index contributed by atoms with van der Waals surface area (Å²) in [6, 6.07) is 27.0. The van der Waals surface area contributed by atoms with Crippen LogP contribution in [0.3, 0.4) is 0 Å². The number of anilines is 2. The van der Waals surface area contributed by atoms with Gasteiger partial charge in [-0.3, -0.25) is 5.41 Å². The van der Waals surface area contributed by atoms with Crippen LogP contribution in [-0.2, 0) is 0 Å². The smallest absolute Gasteiger partial charge is 0.119 e. The molecule has 5 nitrogen and oxygen atoms in total. The van der Waals surface area contributed by atoms with E-state index >= 15 is 0 Å². The molecule has 0 atom stereocenters. The topological polar surface area (TPSA) is 62.9 Å². The molecule has 0 unspecified atom stereocenters. The summed E-state index contributed by atoms with van der Waals surface area (Å²) >= 11 is 6.11. The number of ether oxygens (including phenoxy) is 1. The van der Waals surface area contributed by atoms with Gasteiger partial charge in [0.1, 0.15) is 5.75 Å². The molecule has 0 radical (unpaired) electrons. The van der Waals surface area contributed by atoms with Crippen LogP contribution in [0.25, 0.3) is 28.1 Å². The van der Waals surface area contributed by atoms with E-state index in [1.54, 1.807) is 7.11 Å². The highest BCUT2D eigenvalue weighted by atomic mass is 35.5. The van der Waals surface area contributed by atoms with Crippen molar-refractivity contribution in [2.24, 2.45) is 0 Å². The summed E-state index contributed by atoms with van der Waals surface area (Å²) in [7, 11) is 1.64. The van der Waals surface area contributed by atoms with Crippen LogP contribution in [0.5, 0.6) is 5.75 Å². The van der Waals surface area contributed by atoms with Crippen molar-refractivity contribution in [2.75, 3.05) is 12.4 Å². The fourth-order valence-electron chi connectivity index (χ4n) is 3.65. The molecule has 0 saturated heterocycles. The predicted molar refractivity (Wildman–Crippen MR) is 125 cm³/mol. The van der Waals surface area contributed by atoms with Crippen molar-refractivity contribution < 1.29 is 4.74 Å². The molecule has 0 amide bonds. The fraction of sp³-hybridized carbons (Fsp3) is 0.0400. The normalized spacial score (nSPS) is 11.0. The minimum atomic E-state index is 0.378.